The number of hydrogen-bond acceptors (Lipinski definition) is 4. The van der Waals surface area contributed by atoms with Gasteiger partial charge in [0.2, 0.25) is 0 Å². The van der Waals surface area contributed by atoms with Crippen LogP contribution in [0.5, 0.6) is 0 Å². The molecule has 0 aliphatic carbocycles. The van der Waals surface area contributed by atoms with Crippen molar-refractivity contribution in [3.05, 3.63) is 65.2 Å². The van der Waals surface area contributed by atoms with Crippen LogP contribution in [0.15, 0.2) is 42.5 Å². The lowest BCUT2D eigenvalue weighted by atomic mass is 9.96. The van der Waals surface area contributed by atoms with Crippen molar-refractivity contribution in [3.8, 4) is 0 Å². The van der Waals surface area contributed by atoms with E-state index in [4.69, 9.17) is 4.74 Å². The molecule has 0 saturated carbocycles. The molecule has 6 nitrogen and oxygen atoms in total. The van der Waals surface area contributed by atoms with Gasteiger partial charge < -0.3 is 14.5 Å². The molecule has 2 aromatic carbocycles. The molecule has 2 aliphatic heterocycles. The van der Waals surface area contributed by atoms with Crippen molar-refractivity contribution in [1.29, 1.82) is 0 Å². The molecule has 4 rings (SSSR count). The van der Waals surface area contributed by atoms with Crippen molar-refractivity contribution >= 4 is 23.5 Å². The van der Waals surface area contributed by atoms with Crippen LogP contribution < -0.4 is 4.90 Å². The predicted molar refractivity (Wildman–Crippen MR) is 108 cm³/mol. The summed E-state index contributed by atoms with van der Waals surface area (Å²) in [5.41, 5.74) is 1.75. The maximum Gasteiger partial charge on any atom is 0.309 e. The summed E-state index contributed by atoms with van der Waals surface area (Å²) in [4.78, 5) is 40.4. The van der Waals surface area contributed by atoms with Crippen LogP contribution in [0.25, 0.3) is 0 Å². The van der Waals surface area contributed by atoms with Gasteiger partial charge >= 0.3 is 5.97 Å². The SMILES string of the molecule is O=C(OCC(=O)N1CCc2ccccc21)C1CCN(C(=O)c2ccc(F)cc2F)CC1. The molecule has 1 saturated heterocycles. The number of para-hydroxylation sites is 1. The van der Waals surface area contributed by atoms with E-state index in [-0.39, 0.29) is 31.2 Å². The van der Waals surface area contributed by atoms with E-state index in [9.17, 15) is 23.2 Å². The smallest absolute Gasteiger partial charge is 0.309 e. The third-order valence-electron chi connectivity index (χ3n) is 5.80. The van der Waals surface area contributed by atoms with E-state index in [1.165, 1.54) is 4.90 Å². The van der Waals surface area contributed by atoms with Gasteiger partial charge in [-0.05, 0) is 43.0 Å². The molecule has 2 amide bonds. The Balaban J connectivity index is 1.27. The maximum atomic E-state index is 13.9. The molecule has 31 heavy (non-hydrogen) atoms. The minimum Gasteiger partial charge on any atom is -0.455 e. The molecular weight excluding hydrogens is 406 g/mol. The van der Waals surface area contributed by atoms with E-state index in [0.717, 1.165) is 29.8 Å². The zero-order valence-electron chi connectivity index (χ0n) is 16.9. The molecule has 0 radical (unpaired) electrons. The fourth-order valence-corrected chi connectivity index (χ4v) is 4.08. The topological polar surface area (TPSA) is 66.9 Å². The predicted octanol–water partition coefficient (Wildman–Crippen LogP) is 2.95. The highest BCUT2D eigenvalue weighted by molar-refractivity contribution is 5.97. The molecule has 8 heteroatoms. The Bertz CT molecular complexity index is 1020. The van der Waals surface area contributed by atoms with Gasteiger partial charge in [0.25, 0.3) is 11.8 Å². The third-order valence-corrected chi connectivity index (χ3v) is 5.80. The Morgan fingerprint density at radius 3 is 2.48 bits per heavy atom. The highest BCUT2D eigenvalue weighted by Gasteiger charge is 2.31. The molecule has 2 aromatic rings. The lowest BCUT2D eigenvalue weighted by Gasteiger charge is -2.31. The number of rotatable bonds is 4. The van der Waals surface area contributed by atoms with Gasteiger partial charge in [-0.25, -0.2) is 8.78 Å². The summed E-state index contributed by atoms with van der Waals surface area (Å²) in [5, 5.41) is 0. The Morgan fingerprint density at radius 2 is 1.74 bits per heavy atom. The number of carbonyl (C=O) groups excluding carboxylic acids is 3. The van der Waals surface area contributed by atoms with Crippen LogP contribution in [0.4, 0.5) is 14.5 Å². The van der Waals surface area contributed by atoms with Gasteiger partial charge in [-0.15, -0.1) is 0 Å². The molecule has 2 aliphatic rings. The van der Waals surface area contributed by atoms with E-state index >= 15 is 0 Å². The molecule has 0 spiro atoms. The number of piperidine rings is 1. The van der Waals surface area contributed by atoms with Crippen LogP contribution in [0.3, 0.4) is 0 Å². The lowest BCUT2D eigenvalue weighted by Crippen LogP contribution is -2.41. The molecule has 2 heterocycles. The van der Waals surface area contributed by atoms with Crippen LogP contribution >= 0.6 is 0 Å². The monoisotopic (exact) mass is 428 g/mol. The number of carbonyl (C=O) groups is 3. The highest BCUT2D eigenvalue weighted by atomic mass is 19.1. The van der Waals surface area contributed by atoms with Crippen LogP contribution in [0, 0.1) is 17.6 Å². The number of likely N-dealkylation sites (tertiary alicyclic amines) is 1. The van der Waals surface area contributed by atoms with Crippen molar-refractivity contribution in [2.24, 2.45) is 5.92 Å². The molecule has 0 aromatic heterocycles. The van der Waals surface area contributed by atoms with Gasteiger partial charge in [-0.2, -0.15) is 0 Å². The molecule has 0 unspecified atom stereocenters. The molecule has 0 atom stereocenters. The Hall–Kier alpha value is -3.29. The van der Waals surface area contributed by atoms with E-state index in [0.29, 0.717) is 25.5 Å². The standard InChI is InChI=1S/C23H22F2N2O4/c24-17-5-6-18(19(25)13-17)22(29)26-10-7-16(8-11-26)23(30)31-14-21(28)27-12-9-15-3-1-2-4-20(15)27/h1-6,13,16H,7-12,14H2. The fraction of sp³-hybridized carbons (Fsp3) is 0.348. The number of nitrogens with zero attached hydrogens (tertiary/aromatic N) is 2. The zero-order valence-corrected chi connectivity index (χ0v) is 16.9. The van der Waals surface area contributed by atoms with Crippen LogP contribution in [0.1, 0.15) is 28.8 Å². The number of fused-ring (bicyclic) bond motifs is 1. The largest absolute Gasteiger partial charge is 0.455 e. The molecule has 0 bridgehead atoms. The summed E-state index contributed by atoms with van der Waals surface area (Å²) in [5.74, 6) is -3.36. The number of amides is 2. The summed E-state index contributed by atoms with van der Waals surface area (Å²) in [6.45, 7) is 0.745. The van der Waals surface area contributed by atoms with Crippen molar-refractivity contribution < 1.29 is 27.9 Å². The zero-order chi connectivity index (χ0) is 22.0. The van der Waals surface area contributed by atoms with Gasteiger partial charge in [0.05, 0.1) is 11.5 Å². The fourth-order valence-electron chi connectivity index (χ4n) is 4.08. The van der Waals surface area contributed by atoms with Gasteiger partial charge in [0.1, 0.15) is 11.6 Å². The minimum absolute atomic E-state index is 0.195. The third kappa shape index (κ3) is 4.42. The average molecular weight is 428 g/mol. The summed E-state index contributed by atoms with van der Waals surface area (Å²) in [7, 11) is 0. The van der Waals surface area contributed by atoms with Crippen LogP contribution in [0.2, 0.25) is 0 Å². The first-order valence-corrected chi connectivity index (χ1v) is 10.2. The van der Waals surface area contributed by atoms with Crippen LogP contribution in [-0.4, -0.2) is 48.9 Å². The second-order valence-corrected chi connectivity index (χ2v) is 7.72. The summed E-state index contributed by atoms with van der Waals surface area (Å²) >= 11 is 0. The summed E-state index contributed by atoms with van der Waals surface area (Å²) in [6.07, 6.45) is 1.49. The normalized spacial score (nSPS) is 16.2. The number of anilines is 1. The Labute approximate surface area is 178 Å². The van der Waals surface area contributed by atoms with Crippen molar-refractivity contribution in [1.82, 2.24) is 4.90 Å². The second-order valence-electron chi connectivity index (χ2n) is 7.72. The second kappa shape index (κ2) is 8.83. The van der Waals surface area contributed by atoms with E-state index < -0.39 is 29.4 Å². The van der Waals surface area contributed by atoms with Gasteiger partial charge in [0, 0.05) is 31.4 Å². The van der Waals surface area contributed by atoms with Gasteiger partial charge in [-0.3, -0.25) is 14.4 Å². The van der Waals surface area contributed by atoms with E-state index in [2.05, 4.69) is 0 Å². The number of esters is 1. The number of ether oxygens (including phenoxy) is 1. The first-order valence-electron chi connectivity index (χ1n) is 10.2. The molecule has 162 valence electrons. The van der Waals surface area contributed by atoms with Crippen molar-refractivity contribution in [2.45, 2.75) is 19.3 Å². The van der Waals surface area contributed by atoms with Crippen LogP contribution in [-0.2, 0) is 20.7 Å². The number of hydrogen-bond donors (Lipinski definition) is 0. The molecule has 0 N–H and O–H groups in total. The molecule has 1 fully saturated rings. The quantitative estimate of drug-likeness (QED) is 0.703. The highest BCUT2D eigenvalue weighted by Crippen LogP contribution is 2.27. The maximum absolute atomic E-state index is 13.9. The summed E-state index contributed by atoms with van der Waals surface area (Å²) < 4.78 is 32.2. The minimum atomic E-state index is -0.909. The number of benzene rings is 2. The average Bonchev–Trinajstić information content (AvgIpc) is 3.21. The first-order chi connectivity index (χ1) is 14.9. The number of halogens is 2. The van der Waals surface area contributed by atoms with E-state index in [1.807, 2.05) is 24.3 Å². The lowest BCUT2D eigenvalue weighted by molar-refractivity contribution is -0.153. The summed E-state index contributed by atoms with van der Waals surface area (Å²) in [6, 6.07) is 10.5. The van der Waals surface area contributed by atoms with Crippen molar-refractivity contribution in [3.63, 3.8) is 0 Å². The Morgan fingerprint density at radius 1 is 1.00 bits per heavy atom. The first kappa shape index (κ1) is 21.0. The Kier molecular flexibility index (Phi) is 5.97. The van der Waals surface area contributed by atoms with Gasteiger partial charge in [-0.1, -0.05) is 18.2 Å². The van der Waals surface area contributed by atoms with Gasteiger partial charge in [0.15, 0.2) is 6.61 Å². The molecular formula is C23H22F2N2O4. The van der Waals surface area contributed by atoms with E-state index in [1.54, 1.807) is 4.90 Å². The van der Waals surface area contributed by atoms with Crippen molar-refractivity contribution in [2.75, 3.05) is 31.1 Å².